The first-order valence-electron chi connectivity index (χ1n) is 7.47. The molecule has 1 aliphatic rings. The zero-order chi connectivity index (χ0) is 15.0. The fraction of sp³-hybridized carbons (Fsp3) is 0.471. The van der Waals surface area contributed by atoms with E-state index in [2.05, 4.69) is 47.9 Å². The number of halogens is 1. The molecule has 0 bridgehead atoms. The van der Waals surface area contributed by atoms with Crippen LogP contribution in [-0.4, -0.2) is 48.0 Å². The Morgan fingerprint density at radius 1 is 1.29 bits per heavy atom. The number of hydrogen-bond acceptors (Lipinski definition) is 3. The molecular weight excluding hydrogens is 282 g/mol. The lowest BCUT2D eigenvalue weighted by Gasteiger charge is -2.22. The van der Waals surface area contributed by atoms with Crippen LogP contribution >= 0.6 is 11.6 Å². The molecule has 1 aromatic heterocycles. The van der Waals surface area contributed by atoms with Crippen LogP contribution in [0.5, 0.6) is 0 Å². The van der Waals surface area contributed by atoms with Crippen molar-refractivity contribution in [2.24, 2.45) is 5.92 Å². The summed E-state index contributed by atoms with van der Waals surface area (Å²) in [6.45, 7) is 5.42. The van der Waals surface area contributed by atoms with E-state index in [1.807, 2.05) is 18.2 Å². The van der Waals surface area contributed by atoms with Crippen molar-refractivity contribution in [1.82, 2.24) is 14.8 Å². The number of fused-ring (bicyclic) bond motifs is 1. The second kappa shape index (κ2) is 5.91. The number of likely N-dealkylation sites (N-methyl/N-ethyl adjacent to an activating group) is 1. The van der Waals surface area contributed by atoms with E-state index in [4.69, 9.17) is 11.6 Å². The molecule has 1 aromatic carbocycles. The molecule has 2 atom stereocenters. The summed E-state index contributed by atoms with van der Waals surface area (Å²) in [5, 5.41) is 1.79. The van der Waals surface area contributed by atoms with Gasteiger partial charge in [0.25, 0.3) is 0 Å². The van der Waals surface area contributed by atoms with Crippen molar-refractivity contribution < 1.29 is 0 Å². The summed E-state index contributed by atoms with van der Waals surface area (Å²) < 4.78 is 0. The van der Waals surface area contributed by atoms with Crippen molar-refractivity contribution >= 4 is 22.5 Å². The number of hydrogen-bond donors (Lipinski definition) is 0. The lowest BCUT2D eigenvalue weighted by Crippen LogP contribution is -2.34. The minimum Gasteiger partial charge on any atom is -0.305 e. The van der Waals surface area contributed by atoms with Crippen molar-refractivity contribution in [1.29, 1.82) is 0 Å². The molecule has 21 heavy (non-hydrogen) atoms. The van der Waals surface area contributed by atoms with Crippen LogP contribution < -0.4 is 0 Å². The highest BCUT2D eigenvalue weighted by Crippen LogP contribution is 2.26. The van der Waals surface area contributed by atoms with Gasteiger partial charge in [0.1, 0.15) is 5.15 Å². The molecule has 2 heterocycles. The predicted octanol–water partition coefficient (Wildman–Crippen LogP) is 3.27. The fourth-order valence-electron chi connectivity index (χ4n) is 3.34. The molecule has 1 aliphatic heterocycles. The van der Waals surface area contributed by atoms with E-state index in [1.165, 1.54) is 0 Å². The van der Waals surface area contributed by atoms with Crippen molar-refractivity contribution in [2.45, 2.75) is 19.5 Å². The van der Waals surface area contributed by atoms with Crippen molar-refractivity contribution in [3.05, 3.63) is 41.0 Å². The predicted molar refractivity (Wildman–Crippen MR) is 88.7 cm³/mol. The molecule has 2 unspecified atom stereocenters. The van der Waals surface area contributed by atoms with Crippen molar-refractivity contribution in [2.75, 3.05) is 27.2 Å². The standard InChI is InChI=1S/C17H22ClN3/c1-12-9-21(11-16(12)20(2)3)10-14-8-13-6-4-5-7-15(13)19-17(14)18/h4-8,12,16H,9-11H2,1-3H3. The normalized spacial score (nSPS) is 23.3. The van der Waals surface area contributed by atoms with Gasteiger partial charge in [0.15, 0.2) is 0 Å². The number of likely N-dealkylation sites (tertiary alicyclic amines) is 1. The Morgan fingerprint density at radius 2 is 2.05 bits per heavy atom. The number of benzene rings is 1. The molecule has 1 fully saturated rings. The Labute approximate surface area is 131 Å². The Bertz CT molecular complexity index is 641. The number of nitrogens with zero attached hydrogens (tertiary/aromatic N) is 3. The highest BCUT2D eigenvalue weighted by molar-refractivity contribution is 6.30. The van der Waals surface area contributed by atoms with E-state index in [0.717, 1.165) is 36.1 Å². The molecule has 3 nitrogen and oxygen atoms in total. The summed E-state index contributed by atoms with van der Waals surface area (Å²) in [5.74, 6) is 0.687. The number of pyridine rings is 1. The van der Waals surface area contributed by atoms with Crippen molar-refractivity contribution in [3.8, 4) is 0 Å². The van der Waals surface area contributed by atoms with Crippen LogP contribution in [0.25, 0.3) is 10.9 Å². The number of aromatic nitrogens is 1. The molecular formula is C17H22ClN3. The van der Waals surface area contributed by atoms with E-state index in [9.17, 15) is 0 Å². The summed E-state index contributed by atoms with van der Waals surface area (Å²) in [5.41, 5.74) is 2.09. The molecule has 112 valence electrons. The van der Waals surface area contributed by atoms with Gasteiger partial charge in [0.2, 0.25) is 0 Å². The Morgan fingerprint density at radius 3 is 2.76 bits per heavy atom. The van der Waals surface area contributed by atoms with Gasteiger partial charge in [-0.2, -0.15) is 0 Å². The van der Waals surface area contributed by atoms with Crippen LogP contribution in [0.3, 0.4) is 0 Å². The molecule has 3 rings (SSSR count). The van der Waals surface area contributed by atoms with E-state index in [1.54, 1.807) is 0 Å². The van der Waals surface area contributed by atoms with E-state index >= 15 is 0 Å². The van der Waals surface area contributed by atoms with Gasteiger partial charge in [-0.1, -0.05) is 36.7 Å². The van der Waals surface area contributed by atoms with Crippen LogP contribution in [0, 0.1) is 5.92 Å². The van der Waals surface area contributed by atoms with Gasteiger partial charge in [0, 0.05) is 36.6 Å². The maximum atomic E-state index is 6.37. The second-order valence-corrected chi connectivity index (χ2v) is 6.69. The monoisotopic (exact) mass is 303 g/mol. The highest BCUT2D eigenvalue weighted by atomic mass is 35.5. The molecule has 2 aromatic rings. The zero-order valence-corrected chi connectivity index (χ0v) is 13.6. The van der Waals surface area contributed by atoms with Gasteiger partial charge in [0.05, 0.1) is 5.52 Å². The maximum absolute atomic E-state index is 6.37. The minimum atomic E-state index is 0.622. The molecule has 0 N–H and O–H groups in total. The van der Waals surface area contributed by atoms with E-state index in [-0.39, 0.29) is 0 Å². The minimum absolute atomic E-state index is 0.622. The number of para-hydroxylation sites is 1. The molecule has 4 heteroatoms. The first-order chi connectivity index (χ1) is 10.0. The van der Waals surface area contributed by atoms with Crippen LogP contribution in [0.4, 0.5) is 0 Å². The second-order valence-electron chi connectivity index (χ2n) is 6.33. The largest absolute Gasteiger partial charge is 0.305 e. The quantitative estimate of drug-likeness (QED) is 0.811. The lowest BCUT2D eigenvalue weighted by molar-refractivity contribution is 0.250. The van der Waals surface area contributed by atoms with E-state index in [0.29, 0.717) is 17.1 Å². The third kappa shape index (κ3) is 3.05. The smallest absolute Gasteiger partial charge is 0.134 e. The van der Waals surface area contributed by atoms with Gasteiger partial charge in [-0.25, -0.2) is 4.98 Å². The van der Waals surface area contributed by atoms with Crippen LogP contribution in [0.15, 0.2) is 30.3 Å². The van der Waals surface area contributed by atoms with Gasteiger partial charge in [-0.05, 0) is 32.1 Å². The summed E-state index contributed by atoms with van der Waals surface area (Å²) in [6, 6.07) is 10.9. The Balaban J connectivity index is 1.81. The first kappa shape index (κ1) is 14.8. The highest BCUT2D eigenvalue weighted by Gasteiger charge is 2.31. The molecule has 0 radical (unpaired) electrons. The number of rotatable bonds is 3. The summed E-state index contributed by atoms with van der Waals surface area (Å²) in [7, 11) is 4.32. The van der Waals surface area contributed by atoms with Crippen LogP contribution in [-0.2, 0) is 6.54 Å². The summed E-state index contributed by atoms with van der Waals surface area (Å²) in [6.07, 6.45) is 0. The third-order valence-corrected chi connectivity index (χ3v) is 4.78. The zero-order valence-electron chi connectivity index (χ0n) is 12.9. The lowest BCUT2D eigenvalue weighted by atomic mass is 10.1. The van der Waals surface area contributed by atoms with Crippen molar-refractivity contribution in [3.63, 3.8) is 0 Å². The van der Waals surface area contributed by atoms with Crippen LogP contribution in [0.1, 0.15) is 12.5 Å². The average molecular weight is 304 g/mol. The van der Waals surface area contributed by atoms with E-state index < -0.39 is 0 Å². The van der Waals surface area contributed by atoms with Gasteiger partial charge in [-0.3, -0.25) is 4.90 Å². The van der Waals surface area contributed by atoms with Gasteiger partial charge in [-0.15, -0.1) is 0 Å². The maximum Gasteiger partial charge on any atom is 0.134 e. The first-order valence-corrected chi connectivity index (χ1v) is 7.85. The molecule has 0 aliphatic carbocycles. The fourth-order valence-corrected chi connectivity index (χ4v) is 3.54. The summed E-state index contributed by atoms with van der Waals surface area (Å²) in [4.78, 5) is 9.32. The Hall–Kier alpha value is -1.16. The molecule has 0 amide bonds. The Kier molecular flexibility index (Phi) is 4.16. The summed E-state index contributed by atoms with van der Waals surface area (Å²) >= 11 is 6.37. The van der Waals surface area contributed by atoms with Crippen LogP contribution in [0.2, 0.25) is 5.15 Å². The van der Waals surface area contributed by atoms with Gasteiger partial charge >= 0.3 is 0 Å². The molecule has 0 spiro atoms. The van der Waals surface area contributed by atoms with Gasteiger partial charge < -0.3 is 4.90 Å². The third-order valence-electron chi connectivity index (χ3n) is 4.46. The average Bonchev–Trinajstić information content (AvgIpc) is 2.81. The molecule has 0 saturated carbocycles. The molecule has 1 saturated heterocycles. The SMILES string of the molecule is CC1CN(Cc2cc3ccccc3nc2Cl)CC1N(C)C. The topological polar surface area (TPSA) is 19.4 Å².